The van der Waals surface area contributed by atoms with Crippen LogP contribution in [0.25, 0.3) is 0 Å². The highest BCUT2D eigenvalue weighted by Crippen LogP contribution is 2.15. The van der Waals surface area contributed by atoms with Gasteiger partial charge < -0.3 is 10.2 Å². The number of carbonyl (C=O) groups excluding carboxylic acids is 1. The number of hydrogen-bond acceptors (Lipinski definition) is 4. The van der Waals surface area contributed by atoms with Crippen molar-refractivity contribution < 1.29 is 4.79 Å². The Balaban J connectivity index is 1.82. The van der Waals surface area contributed by atoms with E-state index in [1.165, 1.54) is 11.3 Å². The Morgan fingerprint density at radius 2 is 2.28 bits per heavy atom. The molecule has 0 saturated carbocycles. The van der Waals surface area contributed by atoms with Gasteiger partial charge in [0.05, 0.1) is 6.04 Å². The van der Waals surface area contributed by atoms with Crippen LogP contribution in [0.3, 0.4) is 0 Å². The fraction of sp³-hybridized carbons (Fsp3) is 0.538. The van der Waals surface area contributed by atoms with Gasteiger partial charge >= 0.3 is 0 Å². The first-order chi connectivity index (χ1) is 8.70. The van der Waals surface area contributed by atoms with Gasteiger partial charge in [0.15, 0.2) is 0 Å². The molecule has 0 bridgehead atoms. The maximum Gasteiger partial charge on any atom is 0.239 e. The molecule has 96 valence electrons. The molecule has 1 aliphatic heterocycles. The summed E-state index contributed by atoms with van der Waals surface area (Å²) in [6.07, 6.45) is 2.24. The van der Waals surface area contributed by atoms with E-state index in [0.717, 1.165) is 30.8 Å². The summed E-state index contributed by atoms with van der Waals surface area (Å²) in [5.74, 6) is 0.185. The van der Waals surface area contributed by atoms with Crippen LogP contribution in [-0.2, 0) is 11.3 Å². The summed E-state index contributed by atoms with van der Waals surface area (Å²) in [7, 11) is 0. The van der Waals surface area contributed by atoms with Crippen LogP contribution in [0, 0.1) is 11.3 Å². The maximum absolute atomic E-state index is 12.0. The van der Waals surface area contributed by atoms with Crippen LogP contribution in [0.4, 0.5) is 0 Å². The van der Waals surface area contributed by atoms with Gasteiger partial charge in [0.25, 0.3) is 0 Å². The molecule has 4 nitrogen and oxygen atoms in total. The van der Waals surface area contributed by atoms with Gasteiger partial charge in [-0.05, 0) is 31.9 Å². The molecule has 1 saturated heterocycles. The average Bonchev–Trinajstić information content (AvgIpc) is 3.05. The molecule has 18 heavy (non-hydrogen) atoms. The first-order valence-corrected chi connectivity index (χ1v) is 7.03. The largest absolute Gasteiger partial charge is 0.341 e. The molecule has 0 radical (unpaired) electrons. The summed E-state index contributed by atoms with van der Waals surface area (Å²) < 4.78 is 0. The molecule has 0 aromatic carbocycles. The molecule has 1 N–H and O–H groups in total. The standard InChI is InChI=1S/C13H17N3OS/c1-10(13(17)16-6-2-3-7-16)15-9-12-5-4-11(8-14)18-12/h4-5,10,15H,2-3,6-7,9H2,1H3. The molecule has 5 heteroatoms. The van der Waals surface area contributed by atoms with E-state index in [4.69, 9.17) is 5.26 Å². The molecule has 1 aromatic rings. The molecule has 1 aliphatic rings. The van der Waals surface area contributed by atoms with Crippen LogP contribution >= 0.6 is 11.3 Å². The van der Waals surface area contributed by atoms with Gasteiger partial charge in [-0.1, -0.05) is 0 Å². The molecular weight excluding hydrogens is 246 g/mol. The normalized spacial score (nSPS) is 16.6. The number of carbonyl (C=O) groups is 1. The lowest BCUT2D eigenvalue weighted by atomic mass is 10.3. The number of nitrogens with one attached hydrogen (secondary N) is 1. The number of thiophene rings is 1. The van der Waals surface area contributed by atoms with Gasteiger partial charge in [-0.15, -0.1) is 11.3 Å². The van der Waals surface area contributed by atoms with E-state index < -0.39 is 0 Å². The van der Waals surface area contributed by atoms with Crippen LogP contribution in [-0.4, -0.2) is 29.9 Å². The monoisotopic (exact) mass is 263 g/mol. The first-order valence-electron chi connectivity index (χ1n) is 6.21. The Hall–Kier alpha value is -1.38. The predicted molar refractivity (Wildman–Crippen MR) is 71.1 cm³/mol. The Bertz CT molecular complexity index is 457. The van der Waals surface area contributed by atoms with Crippen molar-refractivity contribution in [2.24, 2.45) is 0 Å². The molecule has 0 spiro atoms. The van der Waals surface area contributed by atoms with E-state index in [1.54, 1.807) is 0 Å². The Morgan fingerprint density at radius 1 is 1.56 bits per heavy atom. The van der Waals surface area contributed by atoms with E-state index in [0.29, 0.717) is 11.4 Å². The lowest BCUT2D eigenvalue weighted by molar-refractivity contribution is -0.131. The summed E-state index contributed by atoms with van der Waals surface area (Å²) in [5.41, 5.74) is 0. The second-order valence-corrected chi connectivity index (χ2v) is 5.68. The molecule has 1 aromatic heterocycles. The summed E-state index contributed by atoms with van der Waals surface area (Å²) in [6, 6.07) is 5.71. The number of hydrogen-bond donors (Lipinski definition) is 1. The fourth-order valence-electron chi connectivity index (χ4n) is 2.09. The van der Waals surface area contributed by atoms with Crippen LogP contribution in [0.1, 0.15) is 29.5 Å². The van der Waals surface area contributed by atoms with E-state index in [9.17, 15) is 4.79 Å². The fourth-order valence-corrected chi connectivity index (χ4v) is 2.84. The molecule has 1 unspecified atom stereocenters. The molecular formula is C13H17N3OS. The van der Waals surface area contributed by atoms with Crippen LogP contribution < -0.4 is 5.32 Å². The van der Waals surface area contributed by atoms with Gasteiger partial charge in [0.2, 0.25) is 5.91 Å². The molecule has 0 aliphatic carbocycles. The van der Waals surface area contributed by atoms with E-state index in [2.05, 4.69) is 11.4 Å². The van der Waals surface area contributed by atoms with Crippen molar-refractivity contribution in [2.45, 2.75) is 32.4 Å². The second-order valence-electron chi connectivity index (χ2n) is 4.51. The van der Waals surface area contributed by atoms with Gasteiger partial charge in [0.1, 0.15) is 10.9 Å². The van der Waals surface area contributed by atoms with Crippen LogP contribution in [0.2, 0.25) is 0 Å². The average molecular weight is 263 g/mol. The van der Waals surface area contributed by atoms with Gasteiger partial charge in [-0.2, -0.15) is 5.26 Å². The number of amides is 1. The zero-order valence-corrected chi connectivity index (χ0v) is 11.3. The number of nitriles is 1. The SMILES string of the molecule is CC(NCc1ccc(C#N)s1)C(=O)N1CCCC1. The number of nitrogens with zero attached hydrogens (tertiary/aromatic N) is 2. The van der Waals surface area contributed by atoms with Crippen molar-refractivity contribution in [1.82, 2.24) is 10.2 Å². The Labute approximate surface area is 111 Å². The van der Waals surface area contributed by atoms with Crippen molar-refractivity contribution in [3.63, 3.8) is 0 Å². The van der Waals surface area contributed by atoms with Gasteiger partial charge in [-0.25, -0.2) is 0 Å². The summed E-state index contributed by atoms with van der Waals surface area (Å²) in [6.45, 7) is 4.33. The van der Waals surface area contributed by atoms with Crippen molar-refractivity contribution >= 4 is 17.2 Å². The smallest absolute Gasteiger partial charge is 0.239 e. The zero-order chi connectivity index (χ0) is 13.0. The molecule has 1 amide bonds. The van der Waals surface area contributed by atoms with Gasteiger partial charge in [0, 0.05) is 24.5 Å². The predicted octanol–water partition coefficient (Wildman–Crippen LogP) is 1.72. The van der Waals surface area contributed by atoms with Crippen molar-refractivity contribution in [1.29, 1.82) is 5.26 Å². The van der Waals surface area contributed by atoms with Crippen molar-refractivity contribution in [3.05, 3.63) is 21.9 Å². The molecule has 1 atom stereocenters. The number of likely N-dealkylation sites (tertiary alicyclic amines) is 1. The quantitative estimate of drug-likeness (QED) is 0.900. The third kappa shape index (κ3) is 3.09. The molecule has 2 rings (SSSR count). The highest BCUT2D eigenvalue weighted by molar-refractivity contribution is 7.12. The van der Waals surface area contributed by atoms with E-state index in [-0.39, 0.29) is 11.9 Å². The van der Waals surface area contributed by atoms with Crippen LogP contribution in [0.15, 0.2) is 12.1 Å². The third-order valence-corrected chi connectivity index (χ3v) is 4.13. The van der Waals surface area contributed by atoms with E-state index in [1.807, 2.05) is 24.0 Å². The Kier molecular flexibility index (Phi) is 4.34. The Morgan fingerprint density at radius 3 is 2.89 bits per heavy atom. The lowest BCUT2D eigenvalue weighted by Gasteiger charge is -2.20. The van der Waals surface area contributed by atoms with Crippen molar-refractivity contribution in [3.8, 4) is 6.07 Å². The zero-order valence-electron chi connectivity index (χ0n) is 10.5. The van der Waals surface area contributed by atoms with Crippen molar-refractivity contribution in [2.75, 3.05) is 13.1 Å². The second kappa shape index (κ2) is 5.98. The summed E-state index contributed by atoms with van der Waals surface area (Å²) in [4.78, 5) is 15.8. The van der Waals surface area contributed by atoms with Gasteiger partial charge in [-0.3, -0.25) is 4.79 Å². The summed E-state index contributed by atoms with van der Waals surface area (Å²) >= 11 is 1.47. The van der Waals surface area contributed by atoms with Crippen LogP contribution in [0.5, 0.6) is 0 Å². The highest BCUT2D eigenvalue weighted by Gasteiger charge is 2.22. The maximum atomic E-state index is 12.0. The first kappa shape index (κ1) is 13.1. The minimum absolute atomic E-state index is 0.157. The minimum Gasteiger partial charge on any atom is -0.341 e. The topological polar surface area (TPSA) is 56.1 Å². The lowest BCUT2D eigenvalue weighted by Crippen LogP contribution is -2.43. The number of rotatable bonds is 4. The third-order valence-electron chi connectivity index (χ3n) is 3.14. The summed E-state index contributed by atoms with van der Waals surface area (Å²) in [5, 5.41) is 12.0. The molecule has 1 fully saturated rings. The van der Waals surface area contributed by atoms with E-state index >= 15 is 0 Å². The highest BCUT2D eigenvalue weighted by atomic mass is 32.1. The minimum atomic E-state index is -0.157. The molecule has 2 heterocycles.